The summed E-state index contributed by atoms with van der Waals surface area (Å²) in [7, 11) is 0. The van der Waals surface area contributed by atoms with Crippen LogP contribution >= 0.6 is 48.0 Å². The molecule has 3 nitrogen and oxygen atoms in total. The van der Waals surface area contributed by atoms with Gasteiger partial charge in [0.15, 0.2) is 5.78 Å². The van der Waals surface area contributed by atoms with Gasteiger partial charge in [0.05, 0.1) is 0 Å². The molecule has 0 aromatic carbocycles. The lowest BCUT2D eigenvalue weighted by Crippen LogP contribution is -2.38. The number of piperidine rings is 2. The predicted octanol–water partition coefficient (Wildman–Crippen LogP) is 4.94. The molecular formula is C18H30N2OS4. The zero-order valence-electron chi connectivity index (χ0n) is 15.6. The lowest BCUT2D eigenvalue weighted by atomic mass is 9.92. The van der Waals surface area contributed by atoms with E-state index in [4.69, 9.17) is 24.4 Å². The smallest absolute Gasteiger partial charge is 0.161 e. The van der Waals surface area contributed by atoms with Gasteiger partial charge in [-0.25, -0.2) is 0 Å². The summed E-state index contributed by atoms with van der Waals surface area (Å²) in [5, 5.41) is 0. The highest BCUT2D eigenvalue weighted by Gasteiger charge is 2.34. The number of hydrogen-bond donors (Lipinski definition) is 0. The highest BCUT2D eigenvalue weighted by atomic mass is 32.2. The van der Waals surface area contributed by atoms with Gasteiger partial charge in [-0.15, -0.1) is 0 Å². The molecule has 2 saturated heterocycles. The Morgan fingerprint density at radius 1 is 0.800 bits per heavy atom. The van der Waals surface area contributed by atoms with Crippen molar-refractivity contribution in [3.63, 3.8) is 0 Å². The number of likely N-dealkylation sites (tertiary alicyclic amines) is 2. The number of ketones is 1. The number of carbonyl (C=O) groups excluding carboxylic acids is 1. The first-order valence-electron chi connectivity index (χ1n) is 9.24. The van der Waals surface area contributed by atoms with Crippen LogP contribution < -0.4 is 0 Å². The molecule has 7 heteroatoms. The third-order valence-electron chi connectivity index (χ3n) is 4.60. The van der Waals surface area contributed by atoms with Crippen LogP contribution in [0.5, 0.6) is 0 Å². The van der Waals surface area contributed by atoms with Crippen LogP contribution in [0.3, 0.4) is 0 Å². The molecule has 0 spiro atoms. The largest absolute Gasteiger partial charge is 0.357 e. The fourth-order valence-corrected chi connectivity index (χ4v) is 6.97. The van der Waals surface area contributed by atoms with Gasteiger partial charge >= 0.3 is 0 Å². The minimum atomic E-state index is -0.389. The predicted molar refractivity (Wildman–Crippen MR) is 119 cm³/mol. The van der Waals surface area contributed by atoms with Crippen molar-refractivity contribution < 1.29 is 4.79 Å². The Morgan fingerprint density at radius 3 is 1.48 bits per heavy atom. The molecule has 0 saturated carbocycles. The van der Waals surface area contributed by atoms with E-state index in [1.165, 1.54) is 62.0 Å². The van der Waals surface area contributed by atoms with Crippen molar-refractivity contribution in [1.29, 1.82) is 0 Å². The molecule has 25 heavy (non-hydrogen) atoms. The Hall–Kier alpha value is 0.150. The minimum Gasteiger partial charge on any atom is -0.357 e. The maximum atomic E-state index is 13.0. The molecule has 2 rings (SSSR count). The van der Waals surface area contributed by atoms with Crippen molar-refractivity contribution in [3.05, 3.63) is 0 Å². The maximum Gasteiger partial charge on any atom is 0.161 e. The topological polar surface area (TPSA) is 23.6 Å². The van der Waals surface area contributed by atoms with E-state index in [2.05, 4.69) is 9.80 Å². The van der Waals surface area contributed by atoms with Gasteiger partial charge in [0.1, 0.15) is 13.2 Å². The molecule has 2 fully saturated rings. The maximum absolute atomic E-state index is 13.0. The Kier molecular flexibility index (Phi) is 8.50. The van der Waals surface area contributed by atoms with Crippen LogP contribution in [-0.2, 0) is 4.79 Å². The van der Waals surface area contributed by atoms with E-state index < -0.39 is 0 Å². The zero-order valence-corrected chi connectivity index (χ0v) is 18.9. The Bertz CT molecular complexity index is 460. The van der Waals surface area contributed by atoms with Crippen molar-refractivity contribution in [2.45, 2.75) is 63.9 Å². The number of thioether (sulfide) groups is 2. The monoisotopic (exact) mass is 418 g/mol. The summed E-state index contributed by atoms with van der Waals surface area (Å²) in [4.78, 5) is 17.5. The Morgan fingerprint density at radius 2 is 1.16 bits per heavy atom. The molecule has 0 N–H and O–H groups in total. The molecule has 0 amide bonds. The SMILES string of the molecule is CC(C)(C)C(=O)C(SC(=S)N1CCCCC1)SC(=S)N1CCCCC1. The first kappa shape index (κ1) is 21.5. The molecule has 2 heterocycles. The Labute approximate surface area is 172 Å². The average molecular weight is 419 g/mol. The second-order valence-corrected chi connectivity index (χ2v) is 11.6. The van der Waals surface area contributed by atoms with E-state index in [1.54, 1.807) is 0 Å². The fourth-order valence-electron chi connectivity index (χ4n) is 2.97. The van der Waals surface area contributed by atoms with Gasteiger partial charge < -0.3 is 9.80 Å². The standard InChI is InChI=1S/C18H30N2OS4/c1-18(2,3)14(21)15(24-16(22)19-10-6-4-7-11-19)25-17(23)20-12-8-5-9-13-20/h15H,4-13H2,1-3H3. The third-order valence-corrected chi connectivity index (χ3v) is 8.04. The summed E-state index contributed by atoms with van der Waals surface area (Å²) < 4.78 is 1.47. The highest BCUT2D eigenvalue weighted by molar-refractivity contribution is 8.37. The summed E-state index contributed by atoms with van der Waals surface area (Å²) in [6.45, 7) is 10.0. The van der Waals surface area contributed by atoms with Crippen LogP contribution in [0.1, 0.15) is 59.3 Å². The molecule has 0 aliphatic carbocycles. The summed E-state index contributed by atoms with van der Waals surface area (Å²) in [5.41, 5.74) is -0.389. The third kappa shape index (κ3) is 6.67. The van der Waals surface area contributed by atoms with Crippen LogP contribution in [0.2, 0.25) is 0 Å². The first-order valence-corrected chi connectivity index (χ1v) is 11.8. The molecule has 2 aliphatic heterocycles. The van der Waals surface area contributed by atoms with Gasteiger partial charge in [-0.1, -0.05) is 68.7 Å². The van der Waals surface area contributed by atoms with E-state index in [9.17, 15) is 4.79 Å². The molecule has 0 aromatic heterocycles. The van der Waals surface area contributed by atoms with E-state index >= 15 is 0 Å². The van der Waals surface area contributed by atoms with Crippen LogP contribution in [-0.4, -0.2) is 55.0 Å². The van der Waals surface area contributed by atoms with Crippen LogP contribution in [0.25, 0.3) is 0 Å². The summed E-state index contributed by atoms with van der Waals surface area (Å²) in [5.74, 6) is 0.223. The van der Waals surface area contributed by atoms with Crippen molar-refractivity contribution in [2.75, 3.05) is 26.2 Å². The van der Waals surface area contributed by atoms with E-state index in [1.807, 2.05) is 20.8 Å². The summed E-state index contributed by atoms with van der Waals surface area (Å²) >= 11 is 14.4. The quantitative estimate of drug-likeness (QED) is 0.473. The Balaban J connectivity index is 2.02. The van der Waals surface area contributed by atoms with Crippen LogP contribution in [0.4, 0.5) is 0 Å². The number of rotatable bonds is 3. The second kappa shape index (κ2) is 9.90. The number of hydrogen-bond acceptors (Lipinski definition) is 5. The normalized spacial score (nSPS) is 19.2. The molecule has 0 bridgehead atoms. The molecule has 0 radical (unpaired) electrons. The molecule has 0 atom stereocenters. The van der Waals surface area contributed by atoms with Crippen molar-refractivity contribution in [3.8, 4) is 0 Å². The van der Waals surface area contributed by atoms with Gasteiger partial charge in [-0.3, -0.25) is 4.79 Å². The van der Waals surface area contributed by atoms with Crippen molar-refractivity contribution in [2.24, 2.45) is 5.41 Å². The molecular weight excluding hydrogens is 388 g/mol. The average Bonchev–Trinajstić information content (AvgIpc) is 2.61. The van der Waals surface area contributed by atoms with Crippen LogP contribution in [0, 0.1) is 5.41 Å². The van der Waals surface area contributed by atoms with Gasteiger partial charge in [0, 0.05) is 31.6 Å². The van der Waals surface area contributed by atoms with Crippen molar-refractivity contribution in [1.82, 2.24) is 9.80 Å². The number of Topliss-reactive ketones (excluding diaryl/α,β-unsaturated/α-hetero) is 1. The van der Waals surface area contributed by atoms with Crippen LogP contribution in [0.15, 0.2) is 0 Å². The number of thiocarbonyl (C=S) groups is 2. The zero-order chi connectivity index (χ0) is 18.4. The first-order chi connectivity index (χ1) is 11.8. The minimum absolute atomic E-state index is 0.223. The molecule has 0 unspecified atom stereocenters. The van der Waals surface area contributed by atoms with Gasteiger partial charge in [-0.2, -0.15) is 0 Å². The van der Waals surface area contributed by atoms with E-state index in [0.29, 0.717) is 0 Å². The molecule has 2 aliphatic rings. The van der Waals surface area contributed by atoms with Gasteiger partial charge in [-0.05, 0) is 38.5 Å². The molecule has 0 aromatic rings. The van der Waals surface area contributed by atoms with E-state index in [-0.39, 0.29) is 15.8 Å². The van der Waals surface area contributed by atoms with E-state index in [0.717, 1.165) is 34.8 Å². The number of carbonyl (C=O) groups is 1. The number of nitrogens with zero attached hydrogens (tertiary/aromatic N) is 2. The lowest BCUT2D eigenvalue weighted by molar-refractivity contribution is -0.124. The van der Waals surface area contributed by atoms with Gasteiger partial charge in [0.25, 0.3) is 0 Å². The summed E-state index contributed by atoms with van der Waals surface area (Å²) in [6.07, 6.45) is 7.33. The van der Waals surface area contributed by atoms with Crippen molar-refractivity contribution >= 4 is 62.4 Å². The summed E-state index contributed by atoms with van der Waals surface area (Å²) in [6, 6.07) is 0. The lowest BCUT2D eigenvalue weighted by Gasteiger charge is -2.33. The van der Waals surface area contributed by atoms with Gasteiger partial charge in [0.2, 0.25) is 0 Å². The molecule has 142 valence electrons. The fraction of sp³-hybridized carbons (Fsp3) is 0.833. The highest BCUT2D eigenvalue weighted by Crippen LogP contribution is 2.35. The second-order valence-electron chi connectivity index (χ2n) is 7.81.